The van der Waals surface area contributed by atoms with Gasteiger partial charge >= 0.3 is 0 Å². The summed E-state index contributed by atoms with van der Waals surface area (Å²) < 4.78 is 5.24. The fourth-order valence-electron chi connectivity index (χ4n) is 1.46. The molecule has 3 N–H and O–H groups in total. The van der Waals surface area contributed by atoms with E-state index in [0.29, 0.717) is 23.8 Å². The lowest BCUT2D eigenvalue weighted by Gasteiger charge is -1.89. The molecule has 0 aromatic carbocycles. The zero-order valence-electron chi connectivity index (χ0n) is 10.1. The number of aromatic nitrogens is 4. The minimum atomic E-state index is -0.620. The Kier molecular flexibility index (Phi) is 4.43. The molecular formula is C10H14ClN5O2. The molecule has 7 nitrogen and oxygen atoms in total. The van der Waals surface area contributed by atoms with Gasteiger partial charge in [0.15, 0.2) is 5.82 Å². The van der Waals surface area contributed by atoms with Crippen molar-refractivity contribution in [2.75, 3.05) is 0 Å². The third kappa shape index (κ3) is 2.86. The first-order valence-corrected chi connectivity index (χ1v) is 5.26. The molecule has 1 amide bonds. The highest BCUT2D eigenvalue weighted by atomic mass is 35.5. The standard InChI is InChI=1S/C10H13N5O2.ClH/c1-3-6-13-7(15-14-6)4-8-12-5(2)9(17-8)10(11)16;/h3-4H2,1-2H3,(H2,11,16)(H,13,14,15);1H. The molecule has 0 aliphatic carbocycles. The highest BCUT2D eigenvalue weighted by Crippen LogP contribution is 2.11. The van der Waals surface area contributed by atoms with Crippen molar-refractivity contribution in [3.8, 4) is 0 Å². The minimum Gasteiger partial charge on any atom is -0.435 e. The maximum Gasteiger partial charge on any atom is 0.286 e. The number of hydrogen-bond donors (Lipinski definition) is 2. The number of primary amides is 1. The number of nitrogens with zero attached hydrogens (tertiary/aromatic N) is 3. The van der Waals surface area contributed by atoms with Gasteiger partial charge in [0.1, 0.15) is 5.82 Å². The van der Waals surface area contributed by atoms with E-state index in [1.165, 1.54) is 0 Å². The smallest absolute Gasteiger partial charge is 0.286 e. The van der Waals surface area contributed by atoms with Crippen LogP contribution in [0, 0.1) is 6.92 Å². The predicted molar refractivity (Wildman–Crippen MR) is 65.6 cm³/mol. The number of oxazole rings is 1. The number of aryl methyl sites for hydroxylation is 2. The Labute approximate surface area is 110 Å². The molecule has 0 fully saturated rings. The number of H-pyrrole nitrogens is 1. The summed E-state index contributed by atoms with van der Waals surface area (Å²) in [7, 11) is 0. The molecule has 0 aliphatic rings. The van der Waals surface area contributed by atoms with Crippen molar-refractivity contribution in [1.29, 1.82) is 0 Å². The molecular weight excluding hydrogens is 258 g/mol. The first kappa shape index (κ1) is 14.2. The molecule has 0 bridgehead atoms. The summed E-state index contributed by atoms with van der Waals surface area (Å²) in [5.74, 6) is 1.24. The van der Waals surface area contributed by atoms with E-state index in [0.717, 1.165) is 12.2 Å². The van der Waals surface area contributed by atoms with E-state index in [9.17, 15) is 4.79 Å². The van der Waals surface area contributed by atoms with Gasteiger partial charge in [-0.1, -0.05) is 6.92 Å². The van der Waals surface area contributed by atoms with Crippen LogP contribution < -0.4 is 5.73 Å². The summed E-state index contributed by atoms with van der Waals surface area (Å²) in [5.41, 5.74) is 5.62. The molecule has 18 heavy (non-hydrogen) atoms. The van der Waals surface area contributed by atoms with Crippen LogP contribution in [-0.4, -0.2) is 26.1 Å². The zero-order chi connectivity index (χ0) is 12.4. The topological polar surface area (TPSA) is 111 Å². The second-order valence-electron chi connectivity index (χ2n) is 3.62. The Morgan fingerprint density at radius 3 is 2.67 bits per heavy atom. The molecule has 98 valence electrons. The van der Waals surface area contributed by atoms with Crippen molar-refractivity contribution in [1.82, 2.24) is 20.2 Å². The summed E-state index contributed by atoms with van der Waals surface area (Å²) in [6.07, 6.45) is 1.12. The van der Waals surface area contributed by atoms with Crippen LogP contribution in [0.3, 0.4) is 0 Å². The van der Waals surface area contributed by atoms with E-state index in [-0.39, 0.29) is 18.2 Å². The number of aromatic amines is 1. The Bertz CT molecular complexity index is 548. The van der Waals surface area contributed by atoms with Crippen LogP contribution in [0.2, 0.25) is 0 Å². The van der Waals surface area contributed by atoms with Crippen molar-refractivity contribution in [2.24, 2.45) is 5.73 Å². The van der Waals surface area contributed by atoms with Crippen LogP contribution in [0.1, 0.15) is 40.7 Å². The molecule has 2 aromatic heterocycles. The number of nitrogens with two attached hydrogens (primary N) is 1. The lowest BCUT2D eigenvalue weighted by molar-refractivity contribution is 0.0971. The lowest BCUT2D eigenvalue weighted by Crippen LogP contribution is -2.10. The van der Waals surface area contributed by atoms with Gasteiger partial charge in [0.25, 0.3) is 5.91 Å². The number of carbonyl (C=O) groups excluding carboxylic acids is 1. The third-order valence-electron chi connectivity index (χ3n) is 2.29. The van der Waals surface area contributed by atoms with Crippen LogP contribution in [0.5, 0.6) is 0 Å². The molecule has 2 heterocycles. The summed E-state index contributed by atoms with van der Waals surface area (Å²) in [6.45, 7) is 3.65. The van der Waals surface area contributed by atoms with Crippen LogP contribution in [0.15, 0.2) is 4.42 Å². The van der Waals surface area contributed by atoms with Crippen molar-refractivity contribution in [2.45, 2.75) is 26.7 Å². The predicted octanol–water partition coefficient (Wildman–Crippen LogP) is 0.775. The lowest BCUT2D eigenvalue weighted by atomic mass is 10.3. The van der Waals surface area contributed by atoms with Crippen molar-refractivity contribution in [3.05, 3.63) is 29.0 Å². The van der Waals surface area contributed by atoms with Crippen LogP contribution in [0.25, 0.3) is 0 Å². The summed E-state index contributed by atoms with van der Waals surface area (Å²) in [5, 5.41) is 6.81. The van der Waals surface area contributed by atoms with Crippen LogP contribution in [-0.2, 0) is 12.8 Å². The average molecular weight is 272 g/mol. The minimum absolute atomic E-state index is 0. The normalized spacial score (nSPS) is 10.1. The Hall–Kier alpha value is -1.89. The number of nitrogens with one attached hydrogen (secondary N) is 1. The van der Waals surface area contributed by atoms with Gasteiger partial charge in [0.2, 0.25) is 11.7 Å². The van der Waals surface area contributed by atoms with Crippen LogP contribution in [0.4, 0.5) is 0 Å². The highest BCUT2D eigenvalue weighted by molar-refractivity contribution is 5.90. The van der Waals surface area contributed by atoms with Gasteiger partial charge < -0.3 is 10.2 Å². The van der Waals surface area contributed by atoms with Gasteiger partial charge in [-0.2, -0.15) is 5.10 Å². The summed E-state index contributed by atoms with van der Waals surface area (Å²) >= 11 is 0. The fraction of sp³-hybridized carbons (Fsp3) is 0.400. The van der Waals surface area contributed by atoms with Gasteiger partial charge in [-0.25, -0.2) is 9.97 Å². The SMILES string of the molecule is CCc1nc(Cc2nc(C)c(C(N)=O)o2)n[nH]1.Cl. The summed E-state index contributed by atoms with van der Waals surface area (Å²) in [4.78, 5) is 19.3. The number of carbonyl (C=O) groups is 1. The van der Waals surface area contributed by atoms with E-state index in [4.69, 9.17) is 10.2 Å². The quantitative estimate of drug-likeness (QED) is 0.853. The first-order chi connectivity index (χ1) is 8.10. The van der Waals surface area contributed by atoms with Gasteiger partial charge in [-0.15, -0.1) is 12.4 Å². The van der Waals surface area contributed by atoms with Gasteiger partial charge in [-0.3, -0.25) is 9.89 Å². The number of hydrogen-bond acceptors (Lipinski definition) is 5. The largest absolute Gasteiger partial charge is 0.435 e. The maximum absolute atomic E-state index is 11.0. The van der Waals surface area contributed by atoms with E-state index in [1.54, 1.807) is 6.92 Å². The van der Waals surface area contributed by atoms with Crippen molar-refractivity contribution >= 4 is 18.3 Å². The van der Waals surface area contributed by atoms with E-state index >= 15 is 0 Å². The molecule has 0 radical (unpaired) electrons. The molecule has 0 spiro atoms. The van der Waals surface area contributed by atoms with Gasteiger partial charge in [0.05, 0.1) is 12.1 Å². The highest BCUT2D eigenvalue weighted by Gasteiger charge is 2.15. The second kappa shape index (κ2) is 5.63. The first-order valence-electron chi connectivity index (χ1n) is 5.26. The van der Waals surface area contributed by atoms with E-state index in [2.05, 4.69) is 20.2 Å². The third-order valence-corrected chi connectivity index (χ3v) is 2.29. The zero-order valence-corrected chi connectivity index (χ0v) is 10.9. The van der Waals surface area contributed by atoms with Crippen LogP contribution >= 0.6 is 12.4 Å². The number of halogens is 1. The maximum atomic E-state index is 11.0. The Morgan fingerprint density at radius 2 is 2.17 bits per heavy atom. The monoisotopic (exact) mass is 271 g/mol. The fourth-order valence-corrected chi connectivity index (χ4v) is 1.46. The molecule has 0 aliphatic heterocycles. The second-order valence-corrected chi connectivity index (χ2v) is 3.62. The Morgan fingerprint density at radius 1 is 1.44 bits per heavy atom. The summed E-state index contributed by atoms with van der Waals surface area (Å²) in [6, 6.07) is 0. The van der Waals surface area contributed by atoms with Crippen molar-refractivity contribution in [3.63, 3.8) is 0 Å². The molecule has 0 atom stereocenters. The number of rotatable bonds is 4. The number of amides is 1. The molecule has 8 heteroatoms. The Balaban J connectivity index is 0.00000162. The van der Waals surface area contributed by atoms with Gasteiger partial charge in [0, 0.05) is 6.42 Å². The molecule has 2 aromatic rings. The van der Waals surface area contributed by atoms with Crippen molar-refractivity contribution < 1.29 is 9.21 Å². The molecule has 0 saturated heterocycles. The molecule has 0 saturated carbocycles. The van der Waals surface area contributed by atoms with E-state index < -0.39 is 5.91 Å². The average Bonchev–Trinajstić information content (AvgIpc) is 2.85. The van der Waals surface area contributed by atoms with E-state index in [1.807, 2.05) is 6.92 Å². The molecule has 0 unspecified atom stereocenters. The molecule has 2 rings (SSSR count). The van der Waals surface area contributed by atoms with Gasteiger partial charge in [-0.05, 0) is 6.92 Å².